The summed E-state index contributed by atoms with van der Waals surface area (Å²) in [7, 11) is 0. The fourth-order valence-electron chi connectivity index (χ4n) is 5.50. The summed E-state index contributed by atoms with van der Waals surface area (Å²) < 4.78 is 0. The van der Waals surface area contributed by atoms with Gasteiger partial charge in [0.15, 0.2) is 0 Å². The molecule has 0 aliphatic heterocycles. The molecule has 0 saturated heterocycles. The van der Waals surface area contributed by atoms with Gasteiger partial charge in [-0.15, -0.1) is 0 Å². The molecule has 164 valence electrons. The van der Waals surface area contributed by atoms with Crippen molar-refractivity contribution in [2.45, 2.75) is 64.6 Å². The first kappa shape index (κ1) is 21.2. The number of fused-ring (bicyclic) bond motifs is 3. The van der Waals surface area contributed by atoms with Gasteiger partial charge in [-0.2, -0.15) is 0 Å². The average molecular weight is 425 g/mol. The Kier molecular flexibility index (Phi) is 5.75. The van der Waals surface area contributed by atoms with Crippen LogP contribution in [0.4, 0.5) is 0 Å². The first-order valence-corrected chi connectivity index (χ1v) is 12.0. The first-order valence-electron chi connectivity index (χ1n) is 12.0. The van der Waals surface area contributed by atoms with E-state index in [9.17, 15) is 10.2 Å². The van der Waals surface area contributed by atoms with Crippen molar-refractivity contribution >= 4 is 43.1 Å². The minimum absolute atomic E-state index is 0.264. The summed E-state index contributed by atoms with van der Waals surface area (Å²) in [6.07, 6.45) is 4.98. The van der Waals surface area contributed by atoms with Crippen LogP contribution >= 0.6 is 0 Å². The normalized spacial score (nSPS) is 14.1. The van der Waals surface area contributed by atoms with Gasteiger partial charge in [-0.05, 0) is 107 Å². The summed E-state index contributed by atoms with van der Waals surface area (Å²) in [5.41, 5.74) is 2.82. The van der Waals surface area contributed by atoms with Crippen molar-refractivity contribution < 1.29 is 10.2 Å². The van der Waals surface area contributed by atoms with E-state index in [0.717, 1.165) is 38.5 Å². The molecule has 32 heavy (non-hydrogen) atoms. The lowest BCUT2D eigenvalue weighted by molar-refractivity contribution is 0.180. The van der Waals surface area contributed by atoms with Crippen LogP contribution in [0.15, 0.2) is 60.7 Å². The van der Waals surface area contributed by atoms with Crippen LogP contribution in [0.3, 0.4) is 0 Å². The highest BCUT2D eigenvalue weighted by Gasteiger charge is 2.18. The monoisotopic (exact) mass is 424 g/mol. The molecule has 2 atom stereocenters. The van der Waals surface area contributed by atoms with Crippen LogP contribution in [-0.4, -0.2) is 22.4 Å². The largest absolute Gasteiger partial charge is 0.393 e. The lowest BCUT2D eigenvalue weighted by Crippen LogP contribution is -2.05. The Hall–Kier alpha value is -2.68. The Morgan fingerprint density at radius 3 is 2.00 bits per heavy atom. The lowest BCUT2D eigenvalue weighted by atomic mass is 9.83. The van der Waals surface area contributed by atoms with Crippen LogP contribution in [0.25, 0.3) is 43.1 Å². The molecule has 0 heterocycles. The molecule has 2 heteroatoms. The van der Waals surface area contributed by atoms with Gasteiger partial charge in [-0.3, -0.25) is 0 Å². The van der Waals surface area contributed by atoms with Crippen LogP contribution < -0.4 is 0 Å². The van der Waals surface area contributed by atoms with Crippen molar-refractivity contribution in [2.24, 2.45) is 0 Å². The predicted molar refractivity (Wildman–Crippen MR) is 137 cm³/mol. The smallest absolute Gasteiger partial charge is 0.0512 e. The molecule has 0 aliphatic carbocycles. The number of aliphatic hydroxyl groups is 2. The van der Waals surface area contributed by atoms with E-state index in [0.29, 0.717) is 0 Å². The Balaban J connectivity index is 1.83. The zero-order valence-electron chi connectivity index (χ0n) is 19.1. The molecule has 0 bridgehead atoms. The second-order valence-electron chi connectivity index (χ2n) is 9.48. The second-order valence-corrected chi connectivity index (χ2v) is 9.48. The molecule has 2 nitrogen and oxygen atoms in total. The standard InChI is InChI=1S/C30H32O2/c1-19(31)8-5-11-22-18-23-17-16-21-10-7-15-26-25-12-3-4-13-27(25)30(29(23)28(21)26)24(22)14-6-9-20(2)32/h3-4,7,10,12-13,15-20,31-32H,5-6,8-9,11,14H2,1-2H3. The minimum atomic E-state index is -0.273. The molecule has 2 unspecified atom stereocenters. The molecule has 0 aliphatic rings. The van der Waals surface area contributed by atoms with Gasteiger partial charge in [0.05, 0.1) is 12.2 Å². The van der Waals surface area contributed by atoms with Crippen molar-refractivity contribution in [2.75, 3.05) is 0 Å². The highest BCUT2D eigenvalue weighted by molar-refractivity contribution is 6.34. The van der Waals surface area contributed by atoms with E-state index >= 15 is 0 Å². The van der Waals surface area contributed by atoms with E-state index in [1.807, 2.05) is 13.8 Å². The van der Waals surface area contributed by atoms with Crippen molar-refractivity contribution in [3.63, 3.8) is 0 Å². The zero-order valence-corrected chi connectivity index (χ0v) is 19.1. The van der Waals surface area contributed by atoms with Gasteiger partial charge < -0.3 is 10.2 Å². The molecule has 5 aromatic carbocycles. The number of aryl methyl sites for hydroxylation is 2. The Labute approximate surface area is 189 Å². The molecular weight excluding hydrogens is 392 g/mol. The van der Waals surface area contributed by atoms with Crippen molar-refractivity contribution in [3.05, 3.63) is 71.8 Å². The number of hydrogen-bond acceptors (Lipinski definition) is 2. The van der Waals surface area contributed by atoms with E-state index < -0.39 is 0 Å². The molecule has 5 aromatic rings. The maximum atomic E-state index is 9.88. The van der Waals surface area contributed by atoms with Crippen molar-refractivity contribution in [3.8, 4) is 0 Å². The Morgan fingerprint density at radius 1 is 0.625 bits per heavy atom. The maximum Gasteiger partial charge on any atom is 0.0512 e. The fourth-order valence-corrected chi connectivity index (χ4v) is 5.50. The van der Waals surface area contributed by atoms with E-state index in [1.165, 1.54) is 54.2 Å². The molecule has 0 aromatic heterocycles. The third-order valence-electron chi connectivity index (χ3n) is 6.95. The minimum Gasteiger partial charge on any atom is -0.393 e. The molecule has 0 spiro atoms. The van der Waals surface area contributed by atoms with Gasteiger partial charge in [0.2, 0.25) is 0 Å². The topological polar surface area (TPSA) is 40.5 Å². The fraction of sp³-hybridized carbons (Fsp3) is 0.333. The summed E-state index contributed by atoms with van der Waals surface area (Å²) in [4.78, 5) is 0. The number of aliphatic hydroxyl groups excluding tert-OH is 2. The predicted octanol–water partition coefficient (Wildman–Crippen LogP) is 7.14. The van der Waals surface area contributed by atoms with E-state index in [4.69, 9.17) is 0 Å². The zero-order chi connectivity index (χ0) is 22.2. The summed E-state index contributed by atoms with van der Waals surface area (Å²) in [6.45, 7) is 3.75. The Bertz CT molecular complexity index is 1380. The van der Waals surface area contributed by atoms with Crippen LogP contribution in [0.5, 0.6) is 0 Å². The van der Waals surface area contributed by atoms with Gasteiger partial charge in [-0.25, -0.2) is 0 Å². The highest BCUT2D eigenvalue weighted by Crippen LogP contribution is 2.43. The summed E-state index contributed by atoms with van der Waals surface area (Å²) in [5.74, 6) is 0. The molecular formula is C30H32O2. The van der Waals surface area contributed by atoms with Crippen LogP contribution in [0.2, 0.25) is 0 Å². The van der Waals surface area contributed by atoms with E-state index in [2.05, 4.69) is 60.7 Å². The lowest BCUT2D eigenvalue weighted by Gasteiger charge is -2.21. The molecule has 5 rings (SSSR count). The second kappa shape index (κ2) is 8.69. The summed E-state index contributed by atoms with van der Waals surface area (Å²) in [6, 6.07) is 22.4. The highest BCUT2D eigenvalue weighted by atomic mass is 16.3. The van der Waals surface area contributed by atoms with Gasteiger partial charge in [0.25, 0.3) is 0 Å². The van der Waals surface area contributed by atoms with Crippen LogP contribution in [0, 0.1) is 0 Å². The SMILES string of the molecule is CC(O)CCCc1cc2ccc3cccc4c5ccccc5c(c1CCCC(C)O)c2c34. The summed E-state index contributed by atoms with van der Waals surface area (Å²) >= 11 is 0. The third kappa shape index (κ3) is 3.72. The molecule has 0 amide bonds. The average Bonchev–Trinajstić information content (AvgIpc) is 2.78. The quantitative estimate of drug-likeness (QED) is 0.205. The third-order valence-corrected chi connectivity index (χ3v) is 6.95. The van der Waals surface area contributed by atoms with Crippen LogP contribution in [-0.2, 0) is 12.8 Å². The number of hydrogen-bond donors (Lipinski definition) is 2. The maximum absolute atomic E-state index is 9.88. The van der Waals surface area contributed by atoms with Gasteiger partial charge in [0.1, 0.15) is 0 Å². The Morgan fingerprint density at radius 2 is 1.25 bits per heavy atom. The van der Waals surface area contributed by atoms with Gasteiger partial charge in [-0.1, -0.05) is 60.7 Å². The summed E-state index contributed by atoms with van der Waals surface area (Å²) in [5, 5.41) is 30.4. The molecule has 2 N–H and O–H groups in total. The van der Waals surface area contributed by atoms with Crippen molar-refractivity contribution in [1.29, 1.82) is 0 Å². The molecule has 0 fully saturated rings. The molecule has 0 radical (unpaired) electrons. The van der Waals surface area contributed by atoms with E-state index in [-0.39, 0.29) is 12.2 Å². The van der Waals surface area contributed by atoms with Gasteiger partial charge >= 0.3 is 0 Å². The van der Waals surface area contributed by atoms with Gasteiger partial charge in [0, 0.05) is 0 Å². The molecule has 0 saturated carbocycles. The number of rotatable bonds is 8. The first-order chi connectivity index (χ1) is 15.5. The van der Waals surface area contributed by atoms with Crippen LogP contribution in [0.1, 0.15) is 50.7 Å². The number of benzene rings is 5. The van der Waals surface area contributed by atoms with E-state index in [1.54, 1.807) is 0 Å². The van der Waals surface area contributed by atoms with Crippen molar-refractivity contribution in [1.82, 2.24) is 0 Å².